The van der Waals surface area contributed by atoms with Crippen molar-refractivity contribution in [1.29, 1.82) is 0 Å². The summed E-state index contributed by atoms with van der Waals surface area (Å²) >= 11 is 3.32. The smallest absolute Gasteiger partial charge is 0.144 e. The predicted octanol–water partition coefficient (Wildman–Crippen LogP) is 3.07. The monoisotopic (exact) mass is 301 g/mol. The second-order valence-electron chi connectivity index (χ2n) is 4.45. The van der Waals surface area contributed by atoms with Gasteiger partial charge >= 0.3 is 0 Å². The molecule has 1 aromatic rings. The van der Waals surface area contributed by atoms with Crippen molar-refractivity contribution in [3.05, 3.63) is 34.1 Å². The lowest BCUT2D eigenvalue weighted by atomic mass is 9.80. The van der Waals surface area contributed by atoms with Crippen molar-refractivity contribution in [2.75, 3.05) is 6.54 Å². The maximum atomic E-state index is 13.1. The van der Waals surface area contributed by atoms with E-state index in [2.05, 4.69) is 15.9 Å². The van der Waals surface area contributed by atoms with E-state index in [-0.39, 0.29) is 18.0 Å². The first-order chi connectivity index (χ1) is 7.92. The minimum Gasteiger partial charge on any atom is -0.329 e. The van der Waals surface area contributed by atoms with Gasteiger partial charge in [0.15, 0.2) is 0 Å². The highest BCUT2D eigenvalue weighted by molar-refractivity contribution is 9.10. The third-order valence-corrected chi connectivity index (χ3v) is 4.04. The highest BCUT2D eigenvalue weighted by Crippen LogP contribution is 2.25. The second-order valence-corrected chi connectivity index (χ2v) is 5.31. The van der Waals surface area contributed by atoms with Crippen molar-refractivity contribution in [3.8, 4) is 0 Å². The zero-order valence-corrected chi connectivity index (χ0v) is 11.7. The normalized spacial score (nSPS) is 14.4. The van der Waals surface area contributed by atoms with Gasteiger partial charge in [0.1, 0.15) is 11.6 Å². The molecule has 0 spiro atoms. The summed E-state index contributed by atoms with van der Waals surface area (Å²) in [5.74, 6) is -0.282. The first-order valence-corrected chi connectivity index (χ1v) is 6.39. The summed E-state index contributed by atoms with van der Waals surface area (Å²) in [4.78, 5) is 12.1. The van der Waals surface area contributed by atoms with Gasteiger partial charge in [-0.15, -0.1) is 0 Å². The van der Waals surface area contributed by atoms with E-state index in [1.165, 1.54) is 12.1 Å². The van der Waals surface area contributed by atoms with Gasteiger partial charge in [-0.1, -0.05) is 29.8 Å². The Morgan fingerprint density at radius 2 is 2.18 bits per heavy atom. The standard InChI is InChI=1S/C13H17BrFNO/c1-3-13(2,8-16)12(17)7-9-6-10(15)4-5-11(9)14/h4-6H,3,7-8,16H2,1-2H3. The van der Waals surface area contributed by atoms with Crippen molar-refractivity contribution in [1.82, 2.24) is 0 Å². The first-order valence-electron chi connectivity index (χ1n) is 5.60. The second kappa shape index (κ2) is 5.74. The van der Waals surface area contributed by atoms with Crippen LogP contribution in [0.25, 0.3) is 0 Å². The summed E-state index contributed by atoms with van der Waals surface area (Å²) in [6.07, 6.45) is 0.898. The van der Waals surface area contributed by atoms with Crippen LogP contribution in [-0.2, 0) is 11.2 Å². The molecule has 0 saturated carbocycles. The largest absolute Gasteiger partial charge is 0.329 e. The van der Waals surface area contributed by atoms with Gasteiger partial charge in [-0.3, -0.25) is 4.79 Å². The van der Waals surface area contributed by atoms with Gasteiger partial charge in [0.05, 0.1) is 0 Å². The summed E-state index contributed by atoms with van der Waals surface area (Å²) in [5, 5.41) is 0. The lowest BCUT2D eigenvalue weighted by Crippen LogP contribution is -2.36. The molecule has 1 rings (SSSR count). The Kier molecular flexibility index (Phi) is 4.83. The van der Waals surface area contributed by atoms with Crippen LogP contribution in [-0.4, -0.2) is 12.3 Å². The maximum absolute atomic E-state index is 13.1. The molecule has 0 amide bonds. The van der Waals surface area contributed by atoms with E-state index < -0.39 is 5.41 Å². The third kappa shape index (κ3) is 3.36. The first kappa shape index (κ1) is 14.3. The molecule has 4 heteroatoms. The highest BCUT2D eigenvalue weighted by atomic mass is 79.9. The summed E-state index contributed by atoms with van der Waals surface area (Å²) in [5.41, 5.74) is 5.78. The molecule has 0 saturated heterocycles. The van der Waals surface area contributed by atoms with Crippen LogP contribution in [0.5, 0.6) is 0 Å². The number of Topliss-reactive ketones (excluding diaryl/α,β-unsaturated/α-hetero) is 1. The average molecular weight is 302 g/mol. The number of carbonyl (C=O) groups excluding carboxylic acids is 1. The summed E-state index contributed by atoms with van der Waals surface area (Å²) < 4.78 is 13.9. The molecule has 94 valence electrons. The van der Waals surface area contributed by atoms with Crippen LogP contribution < -0.4 is 5.73 Å². The van der Waals surface area contributed by atoms with E-state index in [1.807, 2.05) is 13.8 Å². The van der Waals surface area contributed by atoms with Crippen LogP contribution >= 0.6 is 15.9 Å². The Morgan fingerprint density at radius 1 is 1.53 bits per heavy atom. The maximum Gasteiger partial charge on any atom is 0.144 e. The van der Waals surface area contributed by atoms with Crippen molar-refractivity contribution >= 4 is 21.7 Å². The molecule has 2 nitrogen and oxygen atoms in total. The fourth-order valence-corrected chi connectivity index (χ4v) is 1.91. The van der Waals surface area contributed by atoms with Gasteiger partial charge in [0.2, 0.25) is 0 Å². The molecular formula is C13H17BrFNO. The Balaban J connectivity index is 2.91. The zero-order chi connectivity index (χ0) is 13.1. The van der Waals surface area contributed by atoms with E-state index in [1.54, 1.807) is 6.07 Å². The molecule has 1 atom stereocenters. The molecule has 17 heavy (non-hydrogen) atoms. The van der Waals surface area contributed by atoms with Crippen LogP contribution in [0.15, 0.2) is 22.7 Å². The van der Waals surface area contributed by atoms with Crippen molar-refractivity contribution in [2.24, 2.45) is 11.1 Å². The molecule has 0 aliphatic heterocycles. The molecule has 0 aliphatic carbocycles. The van der Waals surface area contributed by atoms with E-state index in [0.29, 0.717) is 18.5 Å². The number of benzene rings is 1. The van der Waals surface area contributed by atoms with Crippen molar-refractivity contribution in [2.45, 2.75) is 26.7 Å². The topological polar surface area (TPSA) is 43.1 Å². The van der Waals surface area contributed by atoms with E-state index in [9.17, 15) is 9.18 Å². The number of halogens is 2. The average Bonchev–Trinajstić information content (AvgIpc) is 2.32. The minimum absolute atomic E-state index is 0.0498. The van der Waals surface area contributed by atoms with E-state index >= 15 is 0 Å². The van der Waals surface area contributed by atoms with Gasteiger partial charge in [-0.2, -0.15) is 0 Å². The lowest BCUT2D eigenvalue weighted by Gasteiger charge is -2.24. The van der Waals surface area contributed by atoms with Crippen LogP contribution in [0.4, 0.5) is 4.39 Å². The van der Waals surface area contributed by atoms with E-state index in [4.69, 9.17) is 5.73 Å². The van der Waals surface area contributed by atoms with Gasteiger partial charge in [-0.05, 0) is 30.2 Å². The van der Waals surface area contributed by atoms with Crippen LogP contribution in [0.2, 0.25) is 0 Å². The SMILES string of the molecule is CCC(C)(CN)C(=O)Cc1cc(F)ccc1Br. The number of ketones is 1. The number of nitrogens with two attached hydrogens (primary N) is 1. The molecule has 0 bridgehead atoms. The van der Waals surface area contributed by atoms with Gasteiger partial charge < -0.3 is 5.73 Å². The van der Waals surface area contributed by atoms with Crippen LogP contribution in [0.1, 0.15) is 25.8 Å². The quantitative estimate of drug-likeness (QED) is 0.908. The van der Waals surface area contributed by atoms with Crippen molar-refractivity contribution in [3.63, 3.8) is 0 Å². The summed E-state index contributed by atoms with van der Waals surface area (Å²) in [6.45, 7) is 4.10. The van der Waals surface area contributed by atoms with Gasteiger partial charge in [-0.25, -0.2) is 4.39 Å². The Hall–Kier alpha value is -0.740. The number of hydrogen-bond acceptors (Lipinski definition) is 2. The molecule has 1 aromatic carbocycles. The number of rotatable bonds is 5. The number of carbonyl (C=O) groups is 1. The lowest BCUT2D eigenvalue weighted by molar-refractivity contribution is -0.126. The minimum atomic E-state index is -0.522. The summed E-state index contributed by atoms with van der Waals surface area (Å²) in [7, 11) is 0. The highest BCUT2D eigenvalue weighted by Gasteiger charge is 2.29. The molecule has 0 heterocycles. The van der Waals surface area contributed by atoms with Crippen LogP contribution in [0, 0.1) is 11.2 Å². The molecule has 0 fully saturated rings. The summed E-state index contributed by atoms with van der Waals surface area (Å²) in [6, 6.07) is 4.36. The third-order valence-electron chi connectivity index (χ3n) is 3.26. The molecule has 0 aromatic heterocycles. The van der Waals surface area contributed by atoms with Gasteiger partial charge in [0, 0.05) is 22.9 Å². The molecular weight excluding hydrogens is 285 g/mol. The zero-order valence-electron chi connectivity index (χ0n) is 10.1. The number of hydrogen-bond donors (Lipinski definition) is 1. The Morgan fingerprint density at radius 3 is 2.71 bits per heavy atom. The van der Waals surface area contributed by atoms with E-state index in [0.717, 1.165) is 4.47 Å². The molecule has 0 aliphatic rings. The molecule has 2 N–H and O–H groups in total. The fraction of sp³-hybridized carbons (Fsp3) is 0.462. The van der Waals surface area contributed by atoms with Gasteiger partial charge in [0.25, 0.3) is 0 Å². The Labute approximate surface area is 110 Å². The fourth-order valence-electron chi connectivity index (χ4n) is 1.52. The molecule has 0 radical (unpaired) electrons. The van der Waals surface area contributed by atoms with Crippen molar-refractivity contribution < 1.29 is 9.18 Å². The predicted molar refractivity (Wildman–Crippen MR) is 70.3 cm³/mol. The Bertz CT molecular complexity index is 416. The van der Waals surface area contributed by atoms with Crippen LogP contribution in [0.3, 0.4) is 0 Å². The molecule has 1 unspecified atom stereocenters.